The van der Waals surface area contributed by atoms with Crippen molar-refractivity contribution in [2.45, 2.75) is 6.92 Å². The van der Waals surface area contributed by atoms with Gasteiger partial charge in [0.15, 0.2) is 0 Å². The number of hydrogen-bond acceptors (Lipinski definition) is 6. The topological polar surface area (TPSA) is 91.9 Å². The average molecular weight is 498 g/mol. The largest absolute Gasteiger partial charge is 0.497 e. The molecular weight excluding hydrogens is 470 g/mol. The van der Waals surface area contributed by atoms with Crippen molar-refractivity contribution < 1.29 is 19.0 Å². The maximum atomic E-state index is 13.3. The number of methoxy groups -OCH3 is 3. The summed E-state index contributed by atoms with van der Waals surface area (Å²) in [6, 6.07) is 16.8. The molecule has 0 saturated heterocycles. The lowest BCUT2D eigenvalue weighted by Crippen LogP contribution is -2.16. The minimum Gasteiger partial charge on any atom is -0.497 e. The van der Waals surface area contributed by atoms with E-state index in [-0.39, 0.29) is 5.91 Å². The number of carbonyl (C=O) groups excluding carboxylic acids is 1. The van der Waals surface area contributed by atoms with E-state index < -0.39 is 0 Å². The van der Waals surface area contributed by atoms with Crippen LogP contribution < -0.4 is 19.5 Å². The maximum absolute atomic E-state index is 13.3. The Labute approximate surface area is 214 Å². The molecule has 5 rings (SSSR count). The Morgan fingerprint density at radius 1 is 0.892 bits per heavy atom. The summed E-state index contributed by atoms with van der Waals surface area (Å²) in [7, 11) is 6.47. The minimum absolute atomic E-state index is 0.329. The van der Waals surface area contributed by atoms with Crippen molar-refractivity contribution in [2.24, 2.45) is 7.05 Å². The van der Waals surface area contributed by atoms with Crippen LogP contribution in [0.2, 0.25) is 0 Å². The van der Waals surface area contributed by atoms with Gasteiger partial charge in [-0.25, -0.2) is 4.98 Å². The van der Waals surface area contributed by atoms with Gasteiger partial charge in [0.2, 0.25) is 0 Å². The smallest absolute Gasteiger partial charge is 0.274 e. The molecule has 9 nitrogen and oxygen atoms in total. The Balaban J connectivity index is 1.47. The fourth-order valence-electron chi connectivity index (χ4n) is 4.20. The molecule has 1 amide bonds. The fourth-order valence-corrected chi connectivity index (χ4v) is 4.20. The van der Waals surface area contributed by atoms with Gasteiger partial charge in [0, 0.05) is 30.6 Å². The van der Waals surface area contributed by atoms with Crippen molar-refractivity contribution in [1.29, 1.82) is 0 Å². The molecule has 5 aromatic rings. The number of aromatic nitrogens is 4. The summed E-state index contributed by atoms with van der Waals surface area (Å²) < 4.78 is 19.9. The molecule has 0 fully saturated rings. The first-order chi connectivity index (χ1) is 17.9. The van der Waals surface area contributed by atoms with Crippen molar-refractivity contribution in [1.82, 2.24) is 19.2 Å². The van der Waals surface area contributed by atoms with Gasteiger partial charge >= 0.3 is 0 Å². The van der Waals surface area contributed by atoms with Crippen LogP contribution in [0.1, 0.15) is 16.1 Å². The third-order valence-corrected chi connectivity index (χ3v) is 6.15. The summed E-state index contributed by atoms with van der Waals surface area (Å²) in [5.74, 6) is 1.50. The zero-order valence-electron chi connectivity index (χ0n) is 21.3. The number of imidazole rings is 1. The van der Waals surface area contributed by atoms with Crippen LogP contribution in [0, 0.1) is 6.92 Å². The molecule has 0 aliphatic carbocycles. The normalized spacial score (nSPS) is 10.9. The number of anilines is 1. The number of pyridine rings is 1. The number of rotatable bonds is 7. The van der Waals surface area contributed by atoms with Gasteiger partial charge in [-0.15, -0.1) is 0 Å². The van der Waals surface area contributed by atoms with Crippen molar-refractivity contribution in [3.8, 4) is 39.8 Å². The Hall–Kier alpha value is -4.79. The van der Waals surface area contributed by atoms with Gasteiger partial charge in [-0.05, 0) is 67.1 Å². The lowest BCUT2D eigenvalue weighted by molar-refractivity contribution is 0.101. The first-order valence-corrected chi connectivity index (χ1v) is 11.6. The van der Waals surface area contributed by atoms with E-state index in [9.17, 15) is 4.79 Å². The standard InChI is InChI=1S/C28H27N5O4/c1-17-10-11-33-16-23(29-27(33)12-17)18-6-8-26(37-5)22(13-18)30-28(34)24-15-21(31-32(24)2)20-14-19(35-3)7-9-25(20)36-4/h6-16H,1-5H3,(H,30,34). The molecule has 1 N–H and O–H groups in total. The molecule has 0 atom stereocenters. The van der Waals surface area contributed by atoms with Crippen LogP contribution in [0.3, 0.4) is 0 Å². The molecule has 3 heterocycles. The van der Waals surface area contributed by atoms with E-state index in [1.165, 1.54) is 4.68 Å². The van der Waals surface area contributed by atoms with Crippen molar-refractivity contribution in [2.75, 3.05) is 26.6 Å². The predicted octanol–water partition coefficient (Wildman–Crippen LogP) is 4.99. The lowest BCUT2D eigenvalue weighted by atomic mass is 10.1. The van der Waals surface area contributed by atoms with E-state index in [0.717, 1.165) is 28.0 Å². The van der Waals surface area contributed by atoms with Gasteiger partial charge in [-0.2, -0.15) is 5.10 Å². The van der Waals surface area contributed by atoms with Crippen LogP contribution in [0.4, 0.5) is 5.69 Å². The summed E-state index contributed by atoms with van der Waals surface area (Å²) in [6.45, 7) is 2.03. The van der Waals surface area contributed by atoms with E-state index in [1.54, 1.807) is 40.5 Å². The molecule has 0 spiro atoms. The maximum Gasteiger partial charge on any atom is 0.274 e. The Kier molecular flexibility index (Phi) is 6.27. The third kappa shape index (κ3) is 4.58. The highest BCUT2D eigenvalue weighted by atomic mass is 16.5. The Morgan fingerprint density at radius 3 is 2.43 bits per heavy atom. The molecular formula is C28H27N5O4. The summed E-state index contributed by atoms with van der Waals surface area (Å²) >= 11 is 0. The van der Waals surface area contributed by atoms with Crippen LogP contribution in [-0.4, -0.2) is 46.4 Å². The molecule has 37 heavy (non-hydrogen) atoms. The van der Waals surface area contributed by atoms with Gasteiger partial charge in [-0.3, -0.25) is 9.48 Å². The monoisotopic (exact) mass is 497 g/mol. The summed E-state index contributed by atoms with van der Waals surface area (Å²) in [6.07, 6.45) is 3.93. The summed E-state index contributed by atoms with van der Waals surface area (Å²) in [4.78, 5) is 18.1. The SMILES string of the molecule is COc1ccc(OC)c(-c2cc(C(=O)Nc3cc(-c4cn5ccc(C)cc5n4)ccc3OC)n(C)n2)c1. The van der Waals surface area contributed by atoms with Crippen molar-refractivity contribution in [3.63, 3.8) is 0 Å². The van der Waals surface area contributed by atoms with Crippen LogP contribution in [0.25, 0.3) is 28.2 Å². The van der Waals surface area contributed by atoms with Crippen LogP contribution in [0.5, 0.6) is 17.2 Å². The third-order valence-electron chi connectivity index (χ3n) is 6.15. The summed E-state index contributed by atoms with van der Waals surface area (Å²) in [5.41, 5.74) is 5.83. The first-order valence-electron chi connectivity index (χ1n) is 11.6. The molecule has 9 heteroatoms. The lowest BCUT2D eigenvalue weighted by Gasteiger charge is -2.11. The second-order valence-electron chi connectivity index (χ2n) is 8.57. The van der Waals surface area contributed by atoms with Crippen molar-refractivity contribution >= 4 is 17.2 Å². The number of ether oxygens (including phenoxy) is 3. The van der Waals surface area contributed by atoms with Crippen LogP contribution >= 0.6 is 0 Å². The molecule has 0 radical (unpaired) electrons. The molecule has 0 saturated carbocycles. The van der Waals surface area contributed by atoms with Gasteiger partial charge in [0.25, 0.3) is 5.91 Å². The first kappa shape index (κ1) is 23.9. The van der Waals surface area contributed by atoms with E-state index in [2.05, 4.69) is 10.4 Å². The van der Waals surface area contributed by atoms with Crippen LogP contribution in [-0.2, 0) is 7.05 Å². The second kappa shape index (κ2) is 9.69. The minimum atomic E-state index is -0.329. The highest BCUT2D eigenvalue weighted by Gasteiger charge is 2.19. The zero-order chi connectivity index (χ0) is 26.1. The average Bonchev–Trinajstić information content (AvgIpc) is 3.51. The number of nitrogens with zero attached hydrogens (tertiary/aromatic N) is 4. The molecule has 3 aromatic heterocycles. The quantitative estimate of drug-likeness (QED) is 0.341. The van der Waals surface area contributed by atoms with E-state index in [0.29, 0.717) is 34.3 Å². The molecule has 0 bridgehead atoms. The number of fused-ring (bicyclic) bond motifs is 1. The Bertz CT molecular complexity index is 1620. The van der Waals surface area contributed by atoms with Gasteiger partial charge in [0.05, 0.1) is 38.4 Å². The fraction of sp³-hybridized carbons (Fsp3) is 0.179. The van der Waals surface area contributed by atoms with Gasteiger partial charge in [-0.1, -0.05) is 0 Å². The molecule has 0 aliphatic heterocycles. The highest BCUT2D eigenvalue weighted by molar-refractivity contribution is 6.05. The molecule has 188 valence electrons. The number of carbonyl (C=O) groups is 1. The van der Waals surface area contributed by atoms with E-state index in [1.807, 2.05) is 66.2 Å². The number of nitrogens with one attached hydrogen (secondary N) is 1. The number of aryl methyl sites for hydroxylation is 2. The molecule has 2 aromatic carbocycles. The molecule has 0 unspecified atom stereocenters. The van der Waals surface area contributed by atoms with E-state index in [4.69, 9.17) is 19.2 Å². The zero-order valence-corrected chi connectivity index (χ0v) is 21.3. The van der Waals surface area contributed by atoms with Gasteiger partial charge in [0.1, 0.15) is 28.6 Å². The summed E-state index contributed by atoms with van der Waals surface area (Å²) in [5, 5.41) is 7.52. The van der Waals surface area contributed by atoms with Crippen LogP contribution in [0.15, 0.2) is 67.0 Å². The highest BCUT2D eigenvalue weighted by Crippen LogP contribution is 2.34. The number of benzene rings is 2. The predicted molar refractivity (Wildman–Crippen MR) is 142 cm³/mol. The van der Waals surface area contributed by atoms with Gasteiger partial charge < -0.3 is 23.9 Å². The number of hydrogen-bond donors (Lipinski definition) is 1. The van der Waals surface area contributed by atoms with Crippen molar-refractivity contribution in [3.05, 3.63) is 78.2 Å². The Morgan fingerprint density at radius 2 is 1.68 bits per heavy atom. The molecule has 0 aliphatic rings. The van der Waals surface area contributed by atoms with E-state index >= 15 is 0 Å². The second-order valence-corrected chi connectivity index (χ2v) is 8.57. The number of amides is 1.